The molecule has 1 aromatic carbocycles. The van der Waals surface area contributed by atoms with Crippen molar-refractivity contribution in [1.29, 1.82) is 0 Å². The van der Waals surface area contributed by atoms with Gasteiger partial charge in [-0.1, -0.05) is 19.1 Å². The summed E-state index contributed by atoms with van der Waals surface area (Å²) in [6.45, 7) is 6.66. The molecule has 1 aromatic rings. The number of ether oxygens (including phenoxy) is 1. The lowest BCUT2D eigenvalue weighted by Gasteiger charge is -2.34. The smallest absolute Gasteiger partial charge is 0.321 e. The van der Waals surface area contributed by atoms with E-state index >= 15 is 0 Å². The number of methoxy groups -OCH3 is 1. The molecule has 1 unspecified atom stereocenters. The third-order valence-corrected chi connectivity index (χ3v) is 4.92. The number of aryl methyl sites for hydroxylation is 1. The van der Waals surface area contributed by atoms with Gasteiger partial charge in [0.1, 0.15) is 5.75 Å². The van der Waals surface area contributed by atoms with E-state index < -0.39 is 11.9 Å². The number of hydrogen-bond acceptors (Lipinski definition) is 4. The van der Waals surface area contributed by atoms with E-state index in [0.717, 1.165) is 18.6 Å². The van der Waals surface area contributed by atoms with Gasteiger partial charge in [0.05, 0.1) is 13.0 Å². The van der Waals surface area contributed by atoms with Gasteiger partial charge in [-0.05, 0) is 42.9 Å². The van der Waals surface area contributed by atoms with Gasteiger partial charge >= 0.3 is 6.03 Å². The number of carbonyl (C=O) groups excluding carboxylic acids is 3. The Balaban J connectivity index is 1.86. The molecule has 0 spiro atoms. The molecule has 1 fully saturated rings. The minimum Gasteiger partial charge on any atom is -0.496 e. The molecule has 27 heavy (non-hydrogen) atoms. The highest BCUT2D eigenvalue weighted by atomic mass is 16.5. The Morgan fingerprint density at radius 2 is 1.93 bits per heavy atom. The topological polar surface area (TPSA) is 87.7 Å². The Morgan fingerprint density at radius 1 is 1.26 bits per heavy atom. The van der Waals surface area contributed by atoms with Crippen LogP contribution in [0.25, 0.3) is 0 Å². The van der Waals surface area contributed by atoms with Gasteiger partial charge in [0, 0.05) is 26.6 Å². The van der Waals surface area contributed by atoms with Crippen LogP contribution in [-0.4, -0.2) is 49.5 Å². The number of nitrogens with one attached hydrogen (secondary N) is 2. The molecule has 1 aliphatic heterocycles. The molecule has 148 valence electrons. The summed E-state index contributed by atoms with van der Waals surface area (Å²) >= 11 is 0. The van der Waals surface area contributed by atoms with Crippen molar-refractivity contribution >= 4 is 17.8 Å². The van der Waals surface area contributed by atoms with E-state index in [1.807, 2.05) is 17.9 Å². The zero-order valence-electron chi connectivity index (χ0n) is 16.5. The van der Waals surface area contributed by atoms with Crippen LogP contribution < -0.4 is 15.4 Å². The van der Waals surface area contributed by atoms with Crippen LogP contribution in [0.15, 0.2) is 18.2 Å². The molecule has 0 radical (unpaired) electrons. The number of rotatable bonds is 5. The Kier molecular flexibility index (Phi) is 7.21. The van der Waals surface area contributed by atoms with Crippen LogP contribution in [0.4, 0.5) is 4.79 Å². The fourth-order valence-corrected chi connectivity index (χ4v) is 3.42. The van der Waals surface area contributed by atoms with Crippen molar-refractivity contribution in [2.75, 3.05) is 26.7 Å². The monoisotopic (exact) mass is 375 g/mol. The lowest BCUT2D eigenvalue weighted by atomic mass is 9.88. The van der Waals surface area contributed by atoms with Crippen LogP contribution in [-0.2, 0) is 9.59 Å². The van der Waals surface area contributed by atoms with E-state index in [1.54, 1.807) is 14.0 Å². The summed E-state index contributed by atoms with van der Waals surface area (Å²) in [6.07, 6.45) is 1.77. The molecule has 0 bridgehead atoms. The van der Waals surface area contributed by atoms with Crippen LogP contribution in [0.3, 0.4) is 0 Å². The molecule has 4 amide bonds. The summed E-state index contributed by atoms with van der Waals surface area (Å²) in [7, 11) is 1.69. The van der Waals surface area contributed by atoms with Gasteiger partial charge in [-0.25, -0.2) is 4.79 Å². The number of imide groups is 1. The third-order valence-electron chi connectivity index (χ3n) is 4.92. The van der Waals surface area contributed by atoms with E-state index in [9.17, 15) is 14.4 Å². The Bertz CT molecular complexity index is 696. The summed E-state index contributed by atoms with van der Waals surface area (Å²) in [5.74, 6) is 0.536. The average Bonchev–Trinajstić information content (AvgIpc) is 2.65. The summed E-state index contributed by atoms with van der Waals surface area (Å²) in [6, 6.07) is 5.69. The summed E-state index contributed by atoms with van der Waals surface area (Å²) in [5.41, 5.74) is 2.36. The van der Waals surface area contributed by atoms with E-state index in [1.165, 1.54) is 18.1 Å². The normalized spacial score (nSPS) is 15.8. The second-order valence-corrected chi connectivity index (χ2v) is 7.14. The third kappa shape index (κ3) is 5.70. The second-order valence-electron chi connectivity index (χ2n) is 7.14. The average molecular weight is 375 g/mol. The molecule has 2 N–H and O–H groups in total. The fraction of sp³-hybridized carbons (Fsp3) is 0.550. The molecule has 2 rings (SSSR count). The van der Waals surface area contributed by atoms with Crippen LogP contribution >= 0.6 is 0 Å². The zero-order chi connectivity index (χ0) is 20.0. The van der Waals surface area contributed by atoms with Crippen molar-refractivity contribution in [3.8, 4) is 5.75 Å². The van der Waals surface area contributed by atoms with Gasteiger partial charge in [-0.3, -0.25) is 14.9 Å². The maximum Gasteiger partial charge on any atom is 0.321 e. The van der Waals surface area contributed by atoms with E-state index in [2.05, 4.69) is 22.8 Å². The van der Waals surface area contributed by atoms with Gasteiger partial charge in [0.15, 0.2) is 0 Å². The lowest BCUT2D eigenvalue weighted by molar-refractivity contribution is -0.135. The zero-order valence-corrected chi connectivity index (χ0v) is 16.5. The van der Waals surface area contributed by atoms with Gasteiger partial charge in [0.25, 0.3) is 0 Å². The second kappa shape index (κ2) is 9.39. The molecule has 1 saturated heterocycles. The number of hydrogen-bond donors (Lipinski definition) is 2. The van der Waals surface area contributed by atoms with Gasteiger partial charge in [-0.15, -0.1) is 0 Å². The van der Waals surface area contributed by atoms with E-state index in [-0.39, 0.29) is 18.4 Å². The molecule has 1 heterocycles. The van der Waals surface area contributed by atoms with Crippen LogP contribution in [0, 0.1) is 12.8 Å². The van der Waals surface area contributed by atoms with Gasteiger partial charge < -0.3 is 15.0 Å². The quantitative estimate of drug-likeness (QED) is 0.826. The van der Waals surface area contributed by atoms with E-state index in [0.29, 0.717) is 19.0 Å². The highest BCUT2D eigenvalue weighted by molar-refractivity contribution is 5.93. The maximum absolute atomic E-state index is 12.6. The number of piperidine rings is 1. The highest BCUT2D eigenvalue weighted by Crippen LogP contribution is 2.35. The SMILES string of the molecule is COc1cc(C)ccc1C1CCN(C(=O)C(C)CNC(=O)NC(C)=O)CC1. The van der Waals surface area contributed by atoms with Crippen LogP contribution in [0.5, 0.6) is 5.75 Å². The Morgan fingerprint density at radius 3 is 2.52 bits per heavy atom. The predicted octanol–water partition coefficient (Wildman–Crippen LogP) is 2.19. The fourth-order valence-electron chi connectivity index (χ4n) is 3.42. The number of amides is 4. The standard InChI is InChI=1S/C20H29N3O4/c1-13-5-6-17(18(11-13)27-4)16-7-9-23(10-8-16)19(25)14(2)12-21-20(26)22-15(3)24/h5-6,11,14,16H,7-10,12H2,1-4H3,(H2,21,22,24,26). The van der Waals surface area contributed by atoms with Crippen LogP contribution in [0.1, 0.15) is 43.7 Å². The summed E-state index contributed by atoms with van der Waals surface area (Å²) < 4.78 is 5.52. The Labute approximate surface area is 160 Å². The predicted molar refractivity (Wildman–Crippen MR) is 103 cm³/mol. The number of benzene rings is 1. The highest BCUT2D eigenvalue weighted by Gasteiger charge is 2.28. The van der Waals surface area contributed by atoms with Crippen molar-refractivity contribution in [1.82, 2.24) is 15.5 Å². The van der Waals surface area contributed by atoms with Crippen molar-refractivity contribution < 1.29 is 19.1 Å². The largest absolute Gasteiger partial charge is 0.496 e. The molecule has 1 aliphatic rings. The number of urea groups is 1. The molecule has 1 atom stereocenters. The van der Waals surface area contributed by atoms with Gasteiger partial charge in [-0.2, -0.15) is 0 Å². The lowest BCUT2D eigenvalue weighted by Crippen LogP contribution is -2.46. The summed E-state index contributed by atoms with van der Waals surface area (Å²) in [5, 5.41) is 4.68. The number of nitrogens with zero attached hydrogens (tertiary/aromatic N) is 1. The molecule has 7 heteroatoms. The first kappa shape index (κ1) is 20.7. The maximum atomic E-state index is 12.6. The van der Waals surface area contributed by atoms with Gasteiger partial charge in [0.2, 0.25) is 11.8 Å². The van der Waals surface area contributed by atoms with Crippen molar-refractivity contribution in [2.24, 2.45) is 5.92 Å². The molecule has 0 aromatic heterocycles. The molecule has 0 saturated carbocycles. The molecular weight excluding hydrogens is 346 g/mol. The first-order chi connectivity index (χ1) is 12.8. The minimum atomic E-state index is -0.577. The minimum absolute atomic E-state index is 0.0208. The first-order valence-electron chi connectivity index (χ1n) is 9.30. The van der Waals surface area contributed by atoms with Crippen molar-refractivity contribution in [3.05, 3.63) is 29.3 Å². The number of likely N-dealkylation sites (tertiary alicyclic amines) is 1. The Hall–Kier alpha value is -2.57. The molecule has 0 aliphatic carbocycles. The summed E-state index contributed by atoms with van der Waals surface area (Å²) in [4.78, 5) is 36.8. The first-order valence-corrected chi connectivity index (χ1v) is 9.30. The molecular formula is C20H29N3O4. The van der Waals surface area contributed by atoms with Crippen molar-refractivity contribution in [3.63, 3.8) is 0 Å². The van der Waals surface area contributed by atoms with E-state index in [4.69, 9.17) is 4.74 Å². The molecule has 7 nitrogen and oxygen atoms in total. The van der Waals surface area contributed by atoms with Crippen LogP contribution in [0.2, 0.25) is 0 Å². The van der Waals surface area contributed by atoms with Crippen molar-refractivity contribution in [2.45, 2.75) is 39.5 Å². The number of carbonyl (C=O) groups is 3.